The van der Waals surface area contributed by atoms with E-state index < -0.39 is 17.6 Å². The Bertz CT molecular complexity index is 526. The van der Waals surface area contributed by atoms with Crippen molar-refractivity contribution in [1.82, 2.24) is 5.32 Å². The first kappa shape index (κ1) is 17.0. The van der Waals surface area contributed by atoms with Crippen molar-refractivity contribution in [3.05, 3.63) is 29.3 Å². The van der Waals surface area contributed by atoms with E-state index in [1.54, 1.807) is 25.1 Å². The van der Waals surface area contributed by atoms with Crippen molar-refractivity contribution in [2.24, 2.45) is 0 Å². The first-order valence-electron chi connectivity index (χ1n) is 6.78. The zero-order valence-corrected chi connectivity index (χ0v) is 12.8. The van der Waals surface area contributed by atoms with Gasteiger partial charge in [-0.3, -0.25) is 0 Å². The second-order valence-electron chi connectivity index (χ2n) is 5.30. The minimum absolute atomic E-state index is 0.0942. The number of carbonyl (C=O) groups excluding carboxylic acids is 1. The number of ether oxygens (including phenoxy) is 1. The Morgan fingerprint density at radius 3 is 2.57 bits per heavy atom. The summed E-state index contributed by atoms with van der Waals surface area (Å²) in [6.45, 7) is 8.18. The number of aromatic carboxylic acids is 1. The normalized spacial score (nSPS) is 11.0. The Labute approximate surface area is 124 Å². The Kier molecular flexibility index (Phi) is 5.72. The van der Waals surface area contributed by atoms with Crippen molar-refractivity contribution < 1.29 is 19.4 Å². The van der Waals surface area contributed by atoms with Gasteiger partial charge < -0.3 is 20.5 Å². The molecule has 0 aromatic heterocycles. The molecule has 0 aliphatic heterocycles. The zero-order valence-electron chi connectivity index (χ0n) is 12.8. The molecule has 0 fully saturated rings. The van der Waals surface area contributed by atoms with Gasteiger partial charge in [0, 0.05) is 13.2 Å². The quantitative estimate of drug-likeness (QED) is 0.752. The fraction of sp³-hybridized carbons (Fsp3) is 0.467. The number of rotatable bonds is 6. The van der Waals surface area contributed by atoms with Crippen LogP contribution in [0.5, 0.6) is 0 Å². The Morgan fingerprint density at radius 1 is 1.33 bits per heavy atom. The molecule has 0 aliphatic rings. The number of benzene rings is 1. The Hall–Kier alpha value is -2.08. The molecule has 116 valence electrons. The van der Waals surface area contributed by atoms with Crippen LogP contribution in [0.3, 0.4) is 0 Å². The van der Waals surface area contributed by atoms with Gasteiger partial charge in [0.25, 0.3) is 0 Å². The molecule has 3 N–H and O–H groups in total. The highest BCUT2D eigenvalue weighted by molar-refractivity contribution is 6.01. The number of hydrogen-bond donors (Lipinski definition) is 3. The lowest BCUT2D eigenvalue weighted by Gasteiger charge is -2.25. The topological polar surface area (TPSA) is 87.7 Å². The standard InChI is InChI=1S/C15H22N2O4/c1-5-21-15(3,4)9-16-14(20)17-11-8-6-7-10(2)12(11)13(18)19/h6-8H,5,9H2,1-4H3,(H,18,19)(H2,16,17,20). The van der Waals surface area contributed by atoms with Crippen molar-refractivity contribution in [2.45, 2.75) is 33.3 Å². The third kappa shape index (κ3) is 5.07. The highest BCUT2D eigenvalue weighted by atomic mass is 16.5. The Morgan fingerprint density at radius 2 is 2.00 bits per heavy atom. The Balaban J connectivity index is 2.72. The summed E-state index contributed by atoms with van der Waals surface area (Å²) < 4.78 is 5.47. The van der Waals surface area contributed by atoms with Gasteiger partial charge in [0.05, 0.1) is 16.9 Å². The molecule has 0 saturated carbocycles. The van der Waals surface area contributed by atoms with E-state index in [4.69, 9.17) is 4.74 Å². The summed E-state index contributed by atoms with van der Waals surface area (Å²) in [6.07, 6.45) is 0. The van der Waals surface area contributed by atoms with Crippen molar-refractivity contribution in [3.63, 3.8) is 0 Å². The fourth-order valence-corrected chi connectivity index (χ4v) is 1.96. The van der Waals surface area contributed by atoms with Gasteiger partial charge in [0.1, 0.15) is 0 Å². The summed E-state index contributed by atoms with van der Waals surface area (Å²) in [5.41, 5.74) is 0.481. The summed E-state index contributed by atoms with van der Waals surface area (Å²) in [7, 11) is 0. The lowest BCUT2D eigenvalue weighted by atomic mass is 10.1. The van der Waals surface area contributed by atoms with E-state index in [0.717, 1.165) is 0 Å². The van der Waals surface area contributed by atoms with Gasteiger partial charge in [0.2, 0.25) is 0 Å². The second kappa shape index (κ2) is 7.08. The van der Waals surface area contributed by atoms with Gasteiger partial charge in [-0.15, -0.1) is 0 Å². The second-order valence-corrected chi connectivity index (χ2v) is 5.30. The number of carboxylic acid groups (broad SMARTS) is 1. The number of nitrogens with one attached hydrogen (secondary N) is 2. The van der Waals surface area contributed by atoms with Crippen molar-refractivity contribution in [3.8, 4) is 0 Å². The zero-order chi connectivity index (χ0) is 16.0. The molecule has 0 spiro atoms. The number of carboxylic acids is 1. The van der Waals surface area contributed by atoms with Gasteiger partial charge in [0.15, 0.2) is 0 Å². The number of aryl methyl sites for hydroxylation is 1. The molecule has 0 radical (unpaired) electrons. The van der Waals surface area contributed by atoms with Crippen LogP contribution in [0.15, 0.2) is 18.2 Å². The maximum Gasteiger partial charge on any atom is 0.338 e. The number of anilines is 1. The van der Waals surface area contributed by atoms with E-state index in [2.05, 4.69) is 10.6 Å². The summed E-state index contributed by atoms with van der Waals surface area (Å²) in [4.78, 5) is 23.1. The van der Waals surface area contributed by atoms with Crippen molar-refractivity contribution in [1.29, 1.82) is 0 Å². The van der Waals surface area contributed by atoms with Gasteiger partial charge in [-0.2, -0.15) is 0 Å². The minimum atomic E-state index is -1.07. The van der Waals surface area contributed by atoms with Crippen LogP contribution >= 0.6 is 0 Å². The van der Waals surface area contributed by atoms with E-state index in [1.807, 2.05) is 20.8 Å². The largest absolute Gasteiger partial charge is 0.478 e. The van der Waals surface area contributed by atoms with E-state index in [9.17, 15) is 14.7 Å². The van der Waals surface area contributed by atoms with Crippen LogP contribution in [0.4, 0.5) is 10.5 Å². The molecule has 0 unspecified atom stereocenters. The van der Waals surface area contributed by atoms with Gasteiger partial charge >= 0.3 is 12.0 Å². The van der Waals surface area contributed by atoms with Gasteiger partial charge in [-0.1, -0.05) is 12.1 Å². The van der Waals surface area contributed by atoms with Crippen LogP contribution in [0.1, 0.15) is 36.7 Å². The molecule has 6 nitrogen and oxygen atoms in total. The maximum atomic E-state index is 11.9. The SMILES string of the molecule is CCOC(C)(C)CNC(=O)Nc1cccc(C)c1C(=O)O. The highest BCUT2D eigenvalue weighted by Crippen LogP contribution is 2.19. The van der Waals surface area contributed by atoms with Crippen LogP contribution in [0.25, 0.3) is 0 Å². The smallest absolute Gasteiger partial charge is 0.338 e. The van der Waals surface area contributed by atoms with Crippen molar-refractivity contribution in [2.75, 3.05) is 18.5 Å². The molecular weight excluding hydrogens is 272 g/mol. The van der Waals surface area contributed by atoms with Crippen LogP contribution in [-0.4, -0.2) is 35.9 Å². The molecule has 0 bridgehead atoms. The predicted octanol–water partition coefficient (Wildman–Crippen LogP) is 2.63. The number of amides is 2. The van der Waals surface area contributed by atoms with E-state index in [0.29, 0.717) is 18.7 Å². The predicted molar refractivity (Wildman–Crippen MR) is 80.9 cm³/mol. The minimum Gasteiger partial charge on any atom is -0.478 e. The molecular formula is C15H22N2O4. The highest BCUT2D eigenvalue weighted by Gasteiger charge is 2.19. The molecule has 0 saturated heterocycles. The molecule has 1 rings (SSSR count). The van der Waals surface area contributed by atoms with Crippen LogP contribution < -0.4 is 10.6 Å². The molecule has 1 aromatic rings. The molecule has 0 atom stereocenters. The van der Waals surface area contributed by atoms with Gasteiger partial charge in [-0.25, -0.2) is 9.59 Å². The third-order valence-electron chi connectivity index (χ3n) is 2.94. The average molecular weight is 294 g/mol. The molecule has 6 heteroatoms. The number of hydrogen-bond acceptors (Lipinski definition) is 3. The summed E-state index contributed by atoms with van der Waals surface area (Å²) in [5, 5.41) is 14.4. The number of urea groups is 1. The van der Waals surface area contributed by atoms with Crippen LogP contribution in [0, 0.1) is 6.92 Å². The van der Waals surface area contributed by atoms with Gasteiger partial charge in [-0.05, 0) is 39.3 Å². The first-order valence-corrected chi connectivity index (χ1v) is 6.78. The fourth-order valence-electron chi connectivity index (χ4n) is 1.96. The molecule has 0 aliphatic carbocycles. The third-order valence-corrected chi connectivity index (χ3v) is 2.94. The van der Waals surface area contributed by atoms with Crippen molar-refractivity contribution >= 4 is 17.7 Å². The maximum absolute atomic E-state index is 11.9. The first-order chi connectivity index (χ1) is 9.76. The van der Waals surface area contributed by atoms with Crippen LogP contribution in [-0.2, 0) is 4.74 Å². The molecule has 2 amide bonds. The molecule has 0 heterocycles. The summed E-state index contributed by atoms with van der Waals surface area (Å²) >= 11 is 0. The van der Waals surface area contributed by atoms with Crippen LogP contribution in [0.2, 0.25) is 0 Å². The molecule has 1 aromatic carbocycles. The van der Waals surface area contributed by atoms with E-state index >= 15 is 0 Å². The lowest BCUT2D eigenvalue weighted by Crippen LogP contribution is -2.42. The van der Waals surface area contributed by atoms with E-state index in [-0.39, 0.29) is 11.3 Å². The lowest BCUT2D eigenvalue weighted by molar-refractivity contribution is -0.00663. The molecule has 21 heavy (non-hydrogen) atoms. The number of carbonyl (C=O) groups is 2. The summed E-state index contributed by atoms with van der Waals surface area (Å²) in [5.74, 6) is -1.07. The average Bonchev–Trinajstić information content (AvgIpc) is 2.36. The monoisotopic (exact) mass is 294 g/mol. The van der Waals surface area contributed by atoms with E-state index in [1.165, 1.54) is 0 Å². The summed E-state index contributed by atoms with van der Waals surface area (Å²) in [6, 6.07) is 4.48.